The molecule has 0 aliphatic heterocycles. The van der Waals surface area contributed by atoms with E-state index in [2.05, 4.69) is 34.0 Å². The van der Waals surface area contributed by atoms with Crippen LogP contribution in [0.2, 0.25) is 0 Å². The number of halogens is 3. The third-order valence-corrected chi connectivity index (χ3v) is 3.73. The summed E-state index contributed by atoms with van der Waals surface area (Å²) < 4.78 is 39.6. The van der Waals surface area contributed by atoms with Gasteiger partial charge in [-0.05, 0) is 37.3 Å². The Morgan fingerprint density at radius 3 is 2.59 bits per heavy atom. The molecule has 5 nitrogen and oxygen atoms in total. The minimum absolute atomic E-state index is 0.107. The van der Waals surface area contributed by atoms with Gasteiger partial charge in [-0.1, -0.05) is 13.8 Å². The van der Waals surface area contributed by atoms with Crippen molar-refractivity contribution >= 4 is 11.5 Å². The van der Waals surface area contributed by atoms with Crippen molar-refractivity contribution in [3.05, 3.63) is 18.0 Å². The van der Waals surface area contributed by atoms with Gasteiger partial charge in [-0.2, -0.15) is 17.7 Å². The van der Waals surface area contributed by atoms with Crippen LogP contribution in [0.25, 0.3) is 5.65 Å². The lowest BCUT2D eigenvalue weighted by Crippen LogP contribution is -2.29. The molecule has 0 spiro atoms. The summed E-state index contributed by atoms with van der Waals surface area (Å²) >= 11 is 0. The molecule has 0 bridgehead atoms. The number of anilines is 1. The number of hydrogen-bond donors (Lipinski definition) is 0. The first-order valence-corrected chi connectivity index (χ1v) is 7.42. The Labute approximate surface area is 126 Å². The Bertz CT molecular complexity index is 660. The van der Waals surface area contributed by atoms with Crippen LogP contribution in [0.4, 0.5) is 19.0 Å². The average Bonchev–Trinajstić information content (AvgIpc) is 3.15. The highest BCUT2D eigenvalue weighted by molar-refractivity contribution is 5.47. The predicted molar refractivity (Wildman–Crippen MR) is 75.6 cm³/mol. The molecule has 22 heavy (non-hydrogen) atoms. The maximum absolute atomic E-state index is 12.9. The summed E-state index contributed by atoms with van der Waals surface area (Å²) in [5, 5.41) is 10.9. The van der Waals surface area contributed by atoms with Crippen LogP contribution in [-0.4, -0.2) is 32.4 Å². The summed E-state index contributed by atoms with van der Waals surface area (Å²) in [5.41, 5.74) is 0.107. The number of hydrogen-bond acceptors (Lipinski definition) is 4. The van der Waals surface area contributed by atoms with E-state index in [1.54, 1.807) is 6.07 Å². The second kappa shape index (κ2) is 5.40. The number of aromatic nitrogens is 4. The lowest BCUT2D eigenvalue weighted by atomic mass is 10.1. The van der Waals surface area contributed by atoms with E-state index in [9.17, 15) is 13.2 Å². The highest BCUT2D eigenvalue weighted by Gasteiger charge is 2.38. The second-order valence-electron chi connectivity index (χ2n) is 6.09. The van der Waals surface area contributed by atoms with Gasteiger partial charge in [-0.3, -0.25) is 0 Å². The van der Waals surface area contributed by atoms with Crippen LogP contribution >= 0.6 is 0 Å². The highest BCUT2D eigenvalue weighted by atomic mass is 19.4. The monoisotopic (exact) mass is 313 g/mol. The van der Waals surface area contributed by atoms with Crippen molar-refractivity contribution in [2.24, 2.45) is 5.92 Å². The van der Waals surface area contributed by atoms with Gasteiger partial charge in [0.2, 0.25) is 0 Å². The van der Waals surface area contributed by atoms with Crippen LogP contribution < -0.4 is 4.90 Å². The van der Waals surface area contributed by atoms with Crippen molar-refractivity contribution in [1.29, 1.82) is 0 Å². The molecule has 0 amide bonds. The van der Waals surface area contributed by atoms with Crippen molar-refractivity contribution in [2.75, 3.05) is 11.4 Å². The number of rotatable bonds is 5. The molecule has 0 atom stereocenters. The van der Waals surface area contributed by atoms with E-state index in [0.29, 0.717) is 17.8 Å². The van der Waals surface area contributed by atoms with Gasteiger partial charge in [0.25, 0.3) is 5.82 Å². The first-order valence-electron chi connectivity index (χ1n) is 7.42. The molecule has 2 aromatic rings. The first kappa shape index (κ1) is 15.1. The van der Waals surface area contributed by atoms with Crippen molar-refractivity contribution in [2.45, 2.75) is 45.3 Å². The molecule has 1 aliphatic carbocycles. The lowest BCUT2D eigenvalue weighted by molar-refractivity contribution is -0.146. The van der Waals surface area contributed by atoms with E-state index in [1.165, 1.54) is 6.07 Å². The van der Waals surface area contributed by atoms with Crippen molar-refractivity contribution in [3.8, 4) is 0 Å². The Hall–Kier alpha value is -1.86. The first-order chi connectivity index (χ1) is 10.4. The average molecular weight is 313 g/mol. The third-order valence-electron chi connectivity index (χ3n) is 3.73. The number of alkyl halides is 3. The molecule has 0 saturated heterocycles. The molecule has 0 N–H and O–H groups in total. The van der Waals surface area contributed by atoms with Crippen LogP contribution in [0.15, 0.2) is 12.1 Å². The number of nitrogens with zero attached hydrogens (tertiary/aromatic N) is 5. The molecule has 1 fully saturated rings. The Morgan fingerprint density at radius 2 is 2.00 bits per heavy atom. The maximum atomic E-state index is 12.9. The summed E-state index contributed by atoms with van der Waals surface area (Å²) in [6, 6.07) is 3.65. The molecule has 0 radical (unpaired) electrons. The van der Waals surface area contributed by atoms with Gasteiger partial charge in [0.1, 0.15) is 5.82 Å². The van der Waals surface area contributed by atoms with Crippen LogP contribution in [0.3, 0.4) is 0 Å². The maximum Gasteiger partial charge on any atom is 0.453 e. The molecule has 120 valence electrons. The fraction of sp³-hybridized carbons (Fsp3) is 0.643. The van der Waals surface area contributed by atoms with Gasteiger partial charge in [-0.25, -0.2) is 0 Å². The Balaban J connectivity index is 1.95. The predicted octanol–water partition coefficient (Wildman–Crippen LogP) is 3.16. The van der Waals surface area contributed by atoms with Crippen molar-refractivity contribution in [1.82, 2.24) is 19.8 Å². The molecule has 1 aliphatic rings. The van der Waals surface area contributed by atoms with E-state index < -0.39 is 12.0 Å². The summed E-state index contributed by atoms with van der Waals surface area (Å²) in [7, 11) is 0. The second-order valence-corrected chi connectivity index (χ2v) is 6.09. The van der Waals surface area contributed by atoms with E-state index >= 15 is 0 Å². The molecular formula is C14H18F3N5. The van der Waals surface area contributed by atoms with Gasteiger partial charge >= 0.3 is 6.18 Å². The van der Waals surface area contributed by atoms with E-state index in [1.807, 2.05) is 0 Å². The van der Waals surface area contributed by atoms with Gasteiger partial charge in [0.05, 0.1) is 0 Å². The fourth-order valence-corrected chi connectivity index (χ4v) is 2.38. The van der Waals surface area contributed by atoms with Crippen molar-refractivity contribution < 1.29 is 13.2 Å². The SMILES string of the molecule is CC(C)CCN(c1ccc2nnc(C(F)(F)F)n2n1)C1CC1. The Morgan fingerprint density at radius 1 is 1.27 bits per heavy atom. The zero-order chi connectivity index (χ0) is 15.9. The zero-order valence-corrected chi connectivity index (χ0v) is 12.5. The van der Waals surface area contributed by atoms with E-state index in [0.717, 1.165) is 30.3 Å². The highest BCUT2D eigenvalue weighted by Crippen LogP contribution is 2.32. The lowest BCUT2D eigenvalue weighted by Gasteiger charge is -2.24. The largest absolute Gasteiger partial charge is 0.453 e. The van der Waals surface area contributed by atoms with Gasteiger partial charge in [-0.15, -0.1) is 15.3 Å². The van der Waals surface area contributed by atoms with Gasteiger partial charge in [0.15, 0.2) is 5.65 Å². The summed E-state index contributed by atoms with van der Waals surface area (Å²) in [4.78, 5) is 2.10. The van der Waals surface area contributed by atoms with E-state index in [4.69, 9.17) is 0 Å². The van der Waals surface area contributed by atoms with Crippen LogP contribution in [0, 0.1) is 5.92 Å². The van der Waals surface area contributed by atoms with Gasteiger partial charge < -0.3 is 4.90 Å². The number of fused-ring (bicyclic) bond motifs is 1. The van der Waals surface area contributed by atoms with Crippen molar-refractivity contribution in [3.63, 3.8) is 0 Å². The summed E-state index contributed by atoms with van der Waals surface area (Å²) in [6.45, 7) is 5.05. The molecule has 2 aromatic heterocycles. The minimum atomic E-state index is -4.56. The third kappa shape index (κ3) is 3.00. The quantitative estimate of drug-likeness (QED) is 0.850. The fourth-order valence-electron chi connectivity index (χ4n) is 2.38. The smallest absolute Gasteiger partial charge is 0.352 e. The van der Waals surface area contributed by atoms with Crippen LogP contribution in [0.5, 0.6) is 0 Å². The molecule has 0 unspecified atom stereocenters. The van der Waals surface area contributed by atoms with Crippen LogP contribution in [0.1, 0.15) is 38.9 Å². The minimum Gasteiger partial charge on any atom is -0.352 e. The Kier molecular flexibility index (Phi) is 3.70. The molecule has 1 saturated carbocycles. The standard InChI is InChI=1S/C14H18F3N5/c1-9(2)7-8-21(10-3-4-10)12-6-5-11-18-19-13(14(15,16)17)22(11)20-12/h5-6,9-10H,3-4,7-8H2,1-2H3. The summed E-state index contributed by atoms with van der Waals surface area (Å²) in [5.74, 6) is 0.00976. The topological polar surface area (TPSA) is 46.3 Å². The normalized spacial score (nSPS) is 15.7. The molecule has 3 rings (SSSR count). The zero-order valence-electron chi connectivity index (χ0n) is 12.5. The molecule has 0 aromatic carbocycles. The molecular weight excluding hydrogens is 295 g/mol. The summed E-state index contributed by atoms with van der Waals surface area (Å²) in [6.07, 6.45) is -1.46. The van der Waals surface area contributed by atoms with E-state index in [-0.39, 0.29) is 5.65 Å². The van der Waals surface area contributed by atoms with Gasteiger partial charge in [0, 0.05) is 12.6 Å². The molecule has 8 heteroatoms. The molecule has 2 heterocycles. The van der Waals surface area contributed by atoms with Crippen LogP contribution in [-0.2, 0) is 6.18 Å².